The Balaban J connectivity index is 1.06. The van der Waals surface area contributed by atoms with Gasteiger partial charge in [-0.2, -0.15) is 0 Å². The Morgan fingerprint density at radius 2 is 0.818 bits per heavy atom. The van der Waals surface area contributed by atoms with Crippen LogP contribution in [0.1, 0.15) is 0 Å². The van der Waals surface area contributed by atoms with Crippen LogP contribution in [0.4, 0.5) is 17.3 Å². The molecule has 5 nitrogen and oxygen atoms in total. The Morgan fingerprint density at radius 3 is 1.38 bits per heavy atom. The van der Waals surface area contributed by atoms with Crippen molar-refractivity contribution in [3.05, 3.63) is 188 Å². The zero-order valence-electron chi connectivity index (χ0n) is 29.6. The summed E-state index contributed by atoms with van der Waals surface area (Å²) in [6.45, 7) is 0. The van der Waals surface area contributed by atoms with Crippen LogP contribution in [0.2, 0.25) is 0 Å². The molecule has 0 aliphatic carbocycles. The molecule has 0 saturated heterocycles. The van der Waals surface area contributed by atoms with Crippen molar-refractivity contribution in [1.29, 1.82) is 0 Å². The van der Waals surface area contributed by atoms with Crippen molar-refractivity contribution in [3.63, 3.8) is 0 Å². The highest BCUT2D eigenvalue weighted by molar-refractivity contribution is 6.10. The summed E-state index contributed by atoms with van der Waals surface area (Å²) >= 11 is 0. The van der Waals surface area contributed by atoms with Crippen LogP contribution in [-0.2, 0) is 0 Å². The van der Waals surface area contributed by atoms with Crippen LogP contribution in [0.5, 0.6) is 0 Å². The van der Waals surface area contributed by atoms with E-state index in [4.69, 9.17) is 18.8 Å². The minimum absolute atomic E-state index is 0.580. The number of benzene rings is 8. The topological polar surface area (TPSA) is 55.3 Å². The molecule has 3 aromatic heterocycles. The van der Waals surface area contributed by atoms with E-state index in [-0.39, 0.29) is 0 Å². The quantitative estimate of drug-likeness (QED) is 0.172. The second kappa shape index (κ2) is 12.6. The molecule has 0 atom stereocenters. The van der Waals surface area contributed by atoms with Gasteiger partial charge in [-0.05, 0) is 53.6 Å². The number of nitrogens with zero attached hydrogens (tertiary/aromatic N) is 3. The lowest BCUT2D eigenvalue weighted by atomic mass is 10.0. The summed E-state index contributed by atoms with van der Waals surface area (Å²) in [6, 6.07) is 64.8. The Morgan fingerprint density at radius 1 is 0.345 bits per heavy atom. The van der Waals surface area contributed by atoms with E-state index in [0.29, 0.717) is 5.95 Å². The molecule has 0 unspecified atom stereocenters. The molecule has 0 saturated carbocycles. The number of para-hydroxylation sites is 5. The van der Waals surface area contributed by atoms with E-state index >= 15 is 0 Å². The SMILES string of the molecule is c1ccc(-c2nc(N(c3ccc(-c4cccc5c4oc4ccccc45)cc3)c3ccc(-c4cccc5c4oc4ccccc45)cc3)nc3ccccc23)cc1. The van der Waals surface area contributed by atoms with Gasteiger partial charge in [-0.15, -0.1) is 0 Å². The Kier molecular flexibility index (Phi) is 7.10. The first-order valence-corrected chi connectivity index (χ1v) is 18.4. The molecule has 258 valence electrons. The van der Waals surface area contributed by atoms with Crippen molar-refractivity contribution in [2.24, 2.45) is 0 Å². The summed E-state index contributed by atoms with van der Waals surface area (Å²) in [7, 11) is 0. The maximum absolute atomic E-state index is 6.40. The summed E-state index contributed by atoms with van der Waals surface area (Å²) in [5.74, 6) is 0.580. The van der Waals surface area contributed by atoms with Gasteiger partial charge in [0.2, 0.25) is 5.95 Å². The molecule has 8 aromatic carbocycles. The first-order chi connectivity index (χ1) is 27.3. The van der Waals surface area contributed by atoms with Gasteiger partial charge in [0, 0.05) is 55.0 Å². The fraction of sp³-hybridized carbons (Fsp3) is 0. The van der Waals surface area contributed by atoms with Crippen LogP contribution in [0.3, 0.4) is 0 Å². The number of hydrogen-bond acceptors (Lipinski definition) is 5. The number of furan rings is 2. The monoisotopic (exact) mass is 705 g/mol. The molecule has 0 amide bonds. The first-order valence-electron chi connectivity index (χ1n) is 18.4. The van der Waals surface area contributed by atoms with Crippen molar-refractivity contribution < 1.29 is 8.83 Å². The number of aromatic nitrogens is 2. The predicted octanol–water partition coefficient (Wildman–Crippen LogP) is 13.9. The number of rotatable bonds is 6. The minimum atomic E-state index is 0.580. The molecule has 55 heavy (non-hydrogen) atoms. The van der Waals surface area contributed by atoms with Crippen LogP contribution >= 0.6 is 0 Å². The van der Waals surface area contributed by atoms with E-state index in [0.717, 1.165) is 99.7 Å². The summed E-state index contributed by atoms with van der Waals surface area (Å²) in [5, 5.41) is 5.45. The van der Waals surface area contributed by atoms with Crippen molar-refractivity contribution in [2.75, 3.05) is 4.90 Å². The molecule has 0 bridgehead atoms. The highest BCUT2D eigenvalue weighted by Gasteiger charge is 2.21. The van der Waals surface area contributed by atoms with Crippen molar-refractivity contribution in [2.45, 2.75) is 0 Å². The standard InChI is InChI=1S/C50H31N3O2/c1-2-12-34(13-3-1)47-43-16-4-7-21-44(43)51-50(52-47)53(35-28-24-32(25-29-35)37-17-10-19-41-39-14-5-8-22-45(39)54-48(37)41)36-30-26-33(27-31-36)38-18-11-20-42-40-15-6-9-23-46(40)55-49(38)42/h1-31H. The second-order valence-electron chi connectivity index (χ2n) is 13.7. The average molecular weight is 706 g/mol. The van der Waals surface area contributed by atoms with Gasteiger partial charge < -0.3 is 8.83 Å². The van der Waals surface area contributed by atoms with Crippen LogP contribution in [0, 0.1) is 0 Å². The van der Waals surface area contributed by atoms with Crippen molar-refractivity contribution >= 4 is 72.1 Å². The average Bonchev–Trinajstić information content (AvgIpc) is 3.83. The van der Waals surface area contributed by atoms with Crippen LogP contribution in [0.15, 0.2) is 197 Å². The Hall–Kier alpha value is -7.50. The summed E-state index contributed by atoms with van der Waals surface area (Å²) < 4.78 is 12.8. The molecule has 0 radical (unpaired) electrons. The molecule has 0 fully saturated rings. The smallest absolute Gasteiger partial charge is 0.235 e. The molecular weight excluding hydrogens is 675 g/mol. The van der Waals surface area contributed by atoms with E-state index in [1.807, 2.05) is 54.6 Å². The largest absolute Gasteiger partial charge is 0.455 e. The highest BCUT2D eigenvalue weighted by Crippen LogP contribution is 2.41. The lowest BCUT2D eigenvalue weighted by Gasteiger charge is -2.25. The normalized spacial score (nSPS) is 11.6. The lowest BCUT2D eigenvalue weighted by Crippen LogP contribution is -2.14. The molecule has 3 heterocycles. The molecule has 5 heteroatoms. The summed E-state index contributed by atoms with van der Waals surface area (Å²) in [6.07, 6.45) is 0. The molecule has 0 aliphatic heterocycles. The number of hydrogen-bond donors (Lipinski definition) is 0. The molecule has 11 rings (SSSR count). The highest BCUT2D eigenvalue weighted by atomic mass is 16.3. The number of fused-ring (bicyclic) bond motifs is 7. The molecule has 0 spiro atoms. The lowest BCUT2D eigenvalue weighted by molar-refractivity contribution is 0.669. The summed E-state index contributed by atoms with van der Waals surface area (Å²) in [5.41, 5.74) is 12.4. The summed E-state index contributed by atoms with van der Waals surface area (Å²) in [4.78, 5) is 12.6. The first kappa shape index (κ1) is 31.1. The molecule has 11 aromatic rings. The van der Waals surface area contributed by atoms with Gasteiger partial charge in [0.05, 0.1) is 11.2 Å². The zero-order chi connectivity index (χ0) is 36.3. The minimum Gasteiger partial charge on any atom is -0.455 e. The van der Waals surface area contributed by atoms with Crippen LogP contribution in [-0.4, -0.2) is 9.97 Å². The van der Waals surface area contributed by atoms with Gasteiger partial charge >= 0.3 is 0 Å². The van der Waals surface area contributed by atoms with E-state index in [1.54, 1.807) is 0 Å². The van der Waals surface area contributed by atoms with Gasteiger partial charge in [-0.25, -0.2) is 9.97 Å². The maximum atomic E-state index is 6.40. The zero-order valence-corrected chi connectivity index (χ0v) is 29.6. The van der Waals surface area contributed by atoms with E-state index in [1.165, 1.54) is 0 Å². The Bertz CT molecular complexity index is 3040. The molecule has 0 N–H and O–H groups in total. The Labute approximate surface area is 316 Å². The third kappa shape index (κ3) is 5.17. The molecule has 0 aliphatic rings. The van der Waals surface area contributed by atoms with E-state index in [2.05, 4.69) is 138 Å². The number of anilines is 3. The van der Waals surface area contributed by atoms with Crippen molar-refractivity contribution in [1.82, 2.24) is 9.97 Å². The maximum Gasteiger partial charge on any atom is 0.235 e. The van der Waals surface area contributed by atoms with E-state index in [9.17, 15) is 0 Å². The van der Waals surface area contributed by atoms with Gasteiger partial charge in [0.25, 0.3) is 0 Å². The van der Waals surface area contributed by atoms with Gasteiger partial charge in [0.15, 0.2) is 0 Å². The predicted molar refractivity (Wildman–Crippen MR) is 225 cm³/mol. The van der Waals surface area contributed by atoms with Crippen LogP contribution in [0.25, 0.3) is 88.3 Å². The van der Waals surface area contributed by atoms with Gasteiger partial charge in [0.1, 0.15) is 22.3 Å². The second-order valence-corrected chi connectivity index (χ2v) is 13.7. The van der Waals surface area contributed by atoms with Crippen LogP contribution < -0.4 is 4.90 Å². The van der Waals surface area contributed by atoms with Crippen molar-refractivity contribution in [3.8, 4) is 33.5 Å². The van der Waals surface area contributed by atoms with Gasteiger partial charge in [-0.1, -0.05) is 146 Å². The third-order valence-corrected chi connectivity index (χ3v) is 10.5. The van der Waals surface area contributed by atoms with E-state index < -0.39 is 0 Å². The fourth-order valence-electron chi connectivity index (χ4n) is 7.89. The van der Waals surface area contributed by atoms with Gasteiger partial charge in [-0.3, -0.25) is 4.90 Å². The third-order valence-electron chi connectivity index (χ3n) is 10.5. The molecular formula is C50H31N3O2. The fourth-order valence-corrected chi connectivity index (χ4v) is 7.89.